The second kappa shape index (κ2) is 7.31. The summed E-state index contributed by atoms with van der Waals surface area (Å²) >= 11 is 0. The van der Waals surface area contributed by atoms with Gasteiger partial charge in [0.05, 0.1) is 11.7 Å². The van der Waals surface area contributed by atoms with Crippen molar-refractivity contribution in [2.75, 3.05) is 13.1 Å². The van der Waals surface area contributed by atoms with E-state index in [9.17, 15) is 22.8 Å². The molecule has 1 aliphatic carbocycles. The maximum atomic E-state index is 13.1. The van der Waals surface area contributed by atoms with E-state index < -0.39 is 17.4 Å². The van der Waals surface area contributed by atoms with Crippen molar-refractivity contribution in [1.29, 1.82) is 0 Å². The van der Waals surface area contributed by atoms with Crippen LogP contribution >= 0.6 is 0 Å². The molecule has 1 saturated heterocycles. The summed E-state index contributed by atoms with van der Waals surface area (Å²) in [6.45, 7) is 1.51. The molecule has 0 atom stereocenters. The van der Waals surface area contributed by atoms with Crippen molar-refractivity contribution in [3.63, 3.8) is 0 Å². The Bertz CT molecular complexity index is 944. The molecule has 2 heterocycles. The first-order chi connectivity index (χ1) is 13.8. The number of hydrogen-bond acceptors (Lipinski definition) is 3. The van der Waals surface area contributed by atoms with Crippen LogP contribution in [0.25, 0.3) is 0 Å². The van der Waals surface area contributed by atoms with Crippen LogP contribution in [0.15, 0.2) is 47.5 Å². The molecule has 0 spiro atoms. The van der Waals surface area contributed by atoms with Crippen molar-refractivity contribution in [1.82, 2.24) is 14.5 Å². The van der Waals surface area contributed by atoms with Crippen molar-refractivity contribution < 1.29 is 18.0 Å². The van der Waals surface area contributed by atoms with Gasteiger partial charge in [-0.25, -0.2) is 4.98 Å². The zero-order valence-electron chi connectivity index (χ0n) is 15.9. The molecule has 4 rings (SSSR count). The molecular weight excluding hydrogens is 383 g/mol. The number of benzene rings is 1. The van der Waals surface area contributed by atoms with E-state index in [1.807, 2.05) is 35.2 Å². The highest BCUT2D eigenvalue weighted by Gasteiger charge is 2.53. The van der Waals surface area contributed by atoms with Crippen LogP contribution in [0.4, 0.5) is 13.2 Å². The number of alkyl halides is 3. The molecule has 0 radical (unpaired) electrons. The minimum Gasteiger partial charge on any atom is -0.342 e. The maximum absolute atomic E-state index is 13.1. The van der Waals surface area contributed by atoms with Gasteiger partial charge in [-0.3, -0.25) is 14.2 Å². The number of nitrogens with zero attached hydrogens (tertiary/aromatic N) is 3. The number of amides is 1. The van der Waals surface area contributed by atoms with E-state index >= 15 is 0 Å². The van der Waals surface area contributed by atoms with Crippen LogP contribution in [0.3, 0.4) is 0 Å². The smallest absolute Gasteiger partial charge is 0.342 e. The minimum atomic E-state index is -4.62. The number of piperidine rings is 1. The minimum absolute atomic E-state index is 0.127. The van der Waals surface area contributed by atoms with Gasteiger partial charge in [-0.05, 0) is 37.2 Å². The fourth-order valence-electron chi connectivity index (χ4n) is 4.13. The number of likely N-dealkylation sites (tertiary alicyclic amines) is 1. The number of carbonyl (C=O) groups excluding carboxylic acids is 1. The van der Waals surface area contributed by atoms with Crippen LogP contribution in [-0.2, 0) is 22.9 Å². The molecule has 0 unspecified atom stereocenters. The van der Waals surface area contributed by atoms with Crippen molar-refractivity contribution in [2.24, 2.45) is 5.92 Å². The molecular formula is C21H22F3N3O2. The third-order valence-electron chi connectivity index (χ3n) is 6.01. The summed E-state index contributed by atoms with van der Waals surface area (Å²) in [6.07, 6.45) is -0.502. The van der Waals surface area contributed by atoms with Gasteiger partial charge in [0.25, 0.3) is 5.56 Å². The van der Waals surface area contributed by atoms with E-state index in [4.69, 9.17) is 0 Å². The first kappa shape index (κ1) is 19.7. The molecule has 2 aliphatic rings. The summed E-state index contributed by atoms with van der Waals surface area (Å²) in [7, 11) is 0. The predicted molar refractivity (Wildman–Crippen MR) is 100 cm³/mol. The molecule has 2 fully saturated rings. The van der Waals surface area contributed by atoms with Crippen LogP contribution in [0.5, 0.6) is 0 Å². The van der Waals surface area contributed by atoms with Crippen LogP contribution in [0, 0.1) is 5.92 Å². The van der Waals surface area contributed by atoms with Gasteiger partial charge in [0.2, 0.25) is 5.91 Å². The standard InChI is InChI=1S/C21H22F3N3O2/c22-21(23,24)17-12-18(28)27(14-25-17)13-15-6-10-26(11-7-15)19(29)20(8-9-20)16-4-2-1-3-5-16/h1-5,12,14-15H,6-11,13H2. The van der Waals surface area contributed by atoms with Gasteiger partial charge in [0.15, 0.2) is 5.69 Å². The Labute approximate surface area is 166 Å². The topological polar surface area (TPSA) is 55.2 Å². The van der Waals surface area contributed by atoms with Crippen molar-refractivity contribution in [3.8, 4) is 0 Å². The van der Waals surface area contributed by atoms with E-state index in [0.717, 1.165) is 24.7 Å². The lowest BCUT2D eigenvalue weighted by Crippen LogP contribution is -2.44. The zero-order valence-corrected chi connectivity index (χ0v) is 15.9. The lowest BCUT2D eigenvalue weighted by atomic mass is 9.91. The van der Waals surface area contributed by atoms with Crippen molar-refractivity contribution in [2.45, 2.75) is 43.8 Å². The summed E-state index contributed by atoms with van der Waals surface area (Å²) in [6, 6.07) is 10.4. The monoisotopic (exact) mass is 405 g/mol. The lowest BCUT2D eigenvalue weighted by Gasteiger charge is -2.34. The lowest BCUT2D eigenvalue weighted by molar-refractivity contribution is -0.141. The second-order valence-electron chi connectivity index (χ2n) is 7.95. The molecule has 1 amide bonds. The third kappa shape index (κ3) is 3.93. The van der Waals surface area contributed by atoms with Crippen LogP contribution in [-0.4, -0.2) is 33.4 Å². The first-order valence-electron chi connectivity index (χ1n) is 9.78. The molecule has 1 aromatic heterocycles. The quantitative estimate of drug-likeness (QED) is 0.785. The van der Waals surface area contributed by atoms with Crippen LogP contribution in [0.1, 0.15) is 36.9 Å². The van der Waals surface area contributed by atoms with Gasteiger partial charge >= 0.3 is 6.18 Å². The van der Waals surface area contributed by atoms with E-state index in [2.05, 4.69) is 4.98 Å². The molecule has 1 saturated carbocycles. The summed E-state index contributed by atoms with van der Waals surface area (Å²) in [4.78, 5) is 30.3. The fraction of sp³-hybridized carbons (Fsp3) is 0.476. The largest absolute Gasteiger partial charge is 0.433 e. The summed E-state index contributed by atoms with van der Waals surface area (Å²) in [5, 5.41) is 0. The SMILES string of the molecule is O=C(N1CCC(Cn2cnc(C(F)(F)F)cc2=O)CC1)C1(c2ccccc2)CC1. The van der Waals surface area contributed by atoms with Gasteiger partial charge in [-0.2, -0.15) is 13.2 Å². The number of halogens is 3. The van der Waals surface area contributed by atoms with E-state index in [0.29, 0.717) is 38.5 Å². The normalized spacial score (nSPS) is 19.2. The molecule has 1 aliphatic heterocycles. The van der Waals surface area contributed by atoms with Gasteiger partial charge < -0.3 is 4.90 Å². The fourth-order valence-corrected chi connectivity index (χ4v) is 4.13. The highest BCUT2D eigenvalue weighted by atomic mass is 19.4. The summed E-state index contributed by atoms with van der Waals surface area (Å²) < 4.78 is 39.2. The third-order valence-corrected chi connectivity index (χ3v) is 6.01. The molecule has 8 heteroatoms. The highest BCUT2D eigenvalue weighted by Crippen LogP contribution is 2.49. The van der Waals surface area contributed by atoms with Crippen molar-refractivity contribution in [3.05, 3.63) is 64.3 Å². The number of carbonyl (C=O) groups is 1. The number of aromatic nitrogens is 2. The Kier molecular flexibility index (Phi) is 4.96. The Morgan fingerprint density at radius 3 is 2.34 bits per heavy atom. The Morgan fingerprint density at radius 1 is 1.14 bits per heavy atom. The van der Waals surface area contributed by atoms with Crippen LogP contribution < -0.4 is 5.56 Å². The second-order valence-corrected chi connectivity index (χ2v) is 7.95. The Morgan fingerprint density at radius 2 is 1.79 bits per heavy atom. The van der Waals surface area contributed by atoms with E-state index in [-0.39, 0.29) is 17.2 Å². The first-order valence-corrected chi connectivity index (χ1v) is 9.78. The van der Waals surface area contributed by atoms with E-state index in [1.165, 1.54) is 4.57 Å². The zero-order chi connectivity index (χ0) is 20.6. The molecule has 2 aromatic rings. The molecule has 154 valence electrons. The Hall–Kier alpha value is -2.64. The predicted octanol–water partition coefficient (Wildman–Crippen LogP) is 3.23. The maximum Gasteiger partial charge on any atom is 0.433 e. The highest BCUT2D eigenvalue weighted by molar-refractivity contribution is 5.91. The molecule has 29 heavy (non-hydrogen) atoms. The average Bonchev–Trinajstić information content (AvgIpc) is 3.51. The van der Waals surface area contributed by atoms with Gasteiger partial charge in [0, 0.05) is 25.7 Å². The van der Waals surface area contributed by atoms with Crippen molar-refractivity contribution >= 4 is 5.91 Å². The average molecular weight is 405 g/mol. The van der Waals surface area contributed by atoms with Gasteiger partial charge in [-0.15, -0.1) is 0 Å². The number of hydrogen-bond donors (Lipinski definition) is 0. The van der Waals surface area contributed by atoms with Gasteiger partial charge in [-0.1, -0.05) is 30.3 Å². The van der Waals surface area contributed by atoms with E-state index in [1.54, 1.807) is 0 Å². The summed E-state index contributed by atoms with van der Waals surface area (Å²) in [5.74, 6) is 0.290. The number of rotatable bonds is 4. The van der Waals surface area contributed by atoms with Crippen LogP contribution in [0.2, 0.25) is 0 Å². The molecule has 0 bridgehead atoms. The Balaban J connectivity index is 1.37. The summed E-state index contributed by atoms with van der Waals surface area (Å²) in [5.41, 5.74) is -1.20. The molecule has 1 aromatic carbocycles. The van der Waals surface area contributed by atoms with Gasteiger partial charge in [0.1, 0.15) is 0 Å². The molecule has 0 N–H and O–H groups in total. The molecule has 5 nitrogen and oxygen atoms in total.